The second kappa shape index (κ2) is 15.3. The van der Waals surface area contributed by atoms with Crippen LogP contribution in [0.3, 0.4) is 0 Å². The Bertz CT molecular complexity index is 2220. The molecule has 0 radical (unpaired) electrons. The summed E-state index contributed by atoms with van der Waals surface area (Å²) in [7, 11) is -16.5. The zero-order valence-corrected chi connectivity index (χ0v) is 33.0. The molecule has 2 aromatic rings. The van der Waals surface area contributed by atoms with Crippen molar-refractivity contribution < 1.29 is 61.7 Å². The van der Waals surface area contributed by atoms with Crippen LogP contribution in [0.15, 0.2) is 70.1 Å². The third-order valence-electron chi connectivity index (χ3n) is 10.5. The van der Waals surface area contributed by atoms with Gasteiger partial charge in [0.05, 0.1) is 40.0 Å². The molecule has 3 atom stereocenters. The molecule has 2 heterocycles. The molecule has 0 fully saturated rings. The molecule has 0 saturated carbocycles. The molecule has 3 unspecified atom stereocenters. The van der Waals surface area contributed by atoms with Gasteiger partial charge in [0.1, 0.15) is 0 Å². The van der Waals surface area contributed by atoms with Crippen LogP contribution in [-0.4, -0.2) is 107 Å². The molecule has 0 spiro atoms. The number of fused-ring (bicyclic) bond motifs is 2. The lowest BCUT2D eigenvalue weighted by molar-refractivity contribution is 0.195. The van der Waals surface area contributed by atoms with Gasteiger partial charge < -0.3 is 19.6 Å². The smallest absolute Gasteiger partial charge is 0.294 e. The SMILES string of the molecule is COCCN1c2ccc(S(=O)(=O)O)cc2C(C)(CCCS(=O)(=O)O)C1(C)/C=C/C=C1/N(CCO)c2ccc(S(=O)(=O)O)cc2C1(C)CCCS(=O)(=O)O. The monoisotopic (exact) mass is 822 g/mol. The Balaban J connectivity index is 1.94. The first-order chi connectivity index (χ1) is 24.3. The van der Waals surface area contributed by atoms with Gasteiger partial charge in [-0.2, -0.15) is 33.7 Å². The van der Waals surface area contributed by atoms with Crippen LogP contribution in [-0.2, 0) is 56.0 Å². The molecule has 2 aromatic carbocycles. The maximum absolute atomic E-state index is 12.2. The summed E-state index contributed by atoms with van der Waals surface area (Å²) in [5.41, 5.74) is -0.714. The molecular weight excluding hydrogens is 777 g/mol. The number of anilines is 2. The molecule has 0 amide bonds. The number of aliphatic hydroxyl groups is 1. The van der Waals surface area contributed by atoms with Crippen molar-refractivity contribution in [2.75, 3.05) is 54.7 Å². The predicted molar refractivity (Wildman–Crippen MR) is 198 cm³/mol. The Morgan fingerprint density at radius 1 is 0.736 bits per heavy atom. The highest BCUT2D eigenvalue weighted by molar-refractivity contribution is 7.86. The molecule has 4 rings (SSSR count). The average Bonchev–Trinajstić information content (AvgIpc) is 3.35. The fraction of sp³-hybridized carbons (Fsp3) is 0.515. The van der Waals surface area contributed by atoms with Gasteiger partial charge in [0, 0.05) is 48.1 Å². The van der Waals surface area contributed by atoms with Crippen LogP contribution in [0.5, 0.6) is 0 Å². The van der Waals surface area contributed by atoms with Crippen molar-refractivity contribution in [3.63, 3.8) is 0 Å². The molecule has 16 nitrogen and oxygen atoms in total. The number of aliphatic hydroxyl groups excluding tert-OH is 1. The van der Waals surface area contributed by atoms with Gasteiger partial charge in [0.2, 0.25) is 0 Å². The third-order valence-corrected chi connectivity index (χ3v) is 13.8. The summed E-state index contributed by atoms with van der Waals surface area (Å²) >= 11 is 0. The minimum atomic E-state index is -4.64. The van der Waals surface area contributed by atoms with Gasteiger partial charge >= 0.3 is 0 Å². The summed E-state index contributed by atoms with van der Waals surface area (Å²) in [6.07, 6.45) is 5.38. The lowest BCUT2D eigenvalue weighted by Crippen LogP contribution is -2.54. The van der Waals surface area contributed by atoms with Crippen molar-refractivity contribution in [1.29, 1.82) is 0 Å². The van der Waals surface area contributed by atoms with Crippen LogP contribution >= 0.6 is 0 Å². The van der Waals surface area contributed by atoms with Gasteiger partial charge in [-0.25, -0.2) is 0 Å². The van der Waals surface area contributed by atoms with Gasteiger partial charge in [0.25, 0.3) is 40.5 Å². The summed E-state index contributed by atoms with van der Waals surface area (Å²) in [6.45, 7) is 5.64. The van der Waals surface area contributed by atoms with Gasteiger partial charge in [-0.3, -0.25) is 18.2 Å². The van der Waals surface area contributed by atoms with E-state index in [0.717, 1.165) is 0 Å². The minimum absolute atomic E-state index is 0.0188. The highest BCUT2D eigenvalue weighted by Gasteiger charge is 2.55. The largest absolute Gasteiger partial charge is 0.395 e. The zero-order chi connectivity index (χ0) is 39.8. The Hall–Kier alpha value is -2.92. The van der Waals surface area contributed by atoms with E-state index in [9.17, 15) is 57.0 Å². The van der Waals surface area contributed by atoms with E-state index in [1.165, 1.54) is 37.4 Å². The molecule has 53 heavy (non-hydrogen) atoms. The van der Waals surface area contributed by atoms with Crippen LogP contribution in [0.1, 0.15) is 57.6 Å². The quantitative estimate of drug-likeness (QED) is 0.144. The van der Waals surface area contributed by atoms with Crippen LogP contribution in [0.25, 0.3) is 0 Å². The first kappa shape index (κ1) is 42.8. The third kappa shape index (κ3) is 8.98. The molecule has 2 aliphatic rings. The van der Waals surface area contributed by atoms with E-state index in [0.29, 0.717) is 28.2 Å². The molecular formula is C33H46N2O14S4. The van der Waals surface area contributed by atoms with Crippen molar-refractivity contribution in [3.8, 4) is 0 Å². The number of rotatable bonds is 17. The maximum Gasteiger partial charge on any atom is 0.294 e. The summed E-state index contributed by atoms with van der Waals surface area (Å²) in [5.74, 6) is -1.16. The molecule has 2 aliphatic heterocycles. The second-order valence-electron chi connectivity index (χ2n) is 13.8. The predicted octanol–water partition coefficient (Wildman–Crippen LogP) is 3.21. The molecule has 0 aliphatic carbocycles. The number of β-amino-alcohol motifs (C(OH)–C–C–N with tert-alkyl or cyclic N) is 1. The normalized spacial score (nSPS) is 24.4. The second-order valence-corrected chi connectivity index (χ2v) is 19.8. The Labute approximate surface area is 311 Å². The summed E-state index contributed by atoms with van der Waals surface area (Å²) in [6, 6.07) is 8.10. The first-order valence-electron chi connectivity index (χ1n) is 16.5. The van der Waals surface area contributed by atoms with E-state index in [4.69, 9.17) is 4.74 Å². The van der Waals surface area contributed by atoms with E-state index in [-0.39, 0.29) is 56.9 Å². The fourth-order valence-electron chi connectivity index (χ4n) is 7.71. The molecule has 0 saturated heterocycles. The number of allylic oxidation sites excluding steroid dienone is 3. The molecule has 5 N–H and O–H groups in total. The van der Waals surface area contributed by atoms with Crippen LogP contribution in [0.2, 0.25) is 0 Å². The average molecular weight is 823 g/mol. The van der Waals surface area contributed by atoms with Crippen molar-refractivity contribution in [2.24, 2.45) is 0 Å². The lowest BCUT2D eigenvalue weighted by Gasteiger charge is -2.45. The fourth-order valence-corrected chi connectivity index (χ4v) is 9.74. The van der Waals surface area contributed by atoms with E-state index in [2.05, 4.69) is 0 Å². The minimum Gasteiger partial charge on any atom is -0.395 e. The van der Waals surface area contributed by atoms with Gasteiger partial charge in [-0.15, -0.1) is 0 Å². The van der Waals surface area contributed by atoms with Crippen LogP contribution in [0, 0.1) is 0 Å². The highest BCUT2D eigenvalue weighted by Crippen LogP contribution is 2.56. The van der Waals surface area contributed by atoms with E-state index >= 15 is 0 Å². The van der Waals surface area contributed by atoms with E-state index in [1.54, 1.807) is 30.0 Å². The number of hydrogen-bond acceptors (Lipinski definition) is 12. The summed E-state index contributed by atoms with van der Waals surface area (Å²) in [5, 5.41) is 10.1. The van der Waals surface area contributed by atoms with Crippen LogP contribution < -0.4 is 9.80 Å². The number of nitrogens with zero attached hydrogens (tertiary/aromatic N) is 2. The molecule has 0 bridgehead atoms. The number of benzene rings is 2. The lowest BCUT2D eigenvalue weighted by atomic mass is 9.66. The molecule has 296 valence electrons. The number of methoxy groups -OCH3 is 1. The topological polar surface area (TPSA) is 253 Å². The Kier molecular flexibility index (Phi) is 12.4. The van der Waals surface area contributed by atoms with Crippen molar-refractivity contribution in [3.05, 3.63) is 71.5 Å². The molecule has 0 aromatic heterocycles. The standard InChI is InChI=1S/C33H46N2O14S4/c1-31(13-6-20-50(37,38)39)26-22-24(52(43,44)45)9-11-28(26)34(16-18-36)30(31)8-5-15-33(3)32(2,14-7-21-51(40,41)42)27-23-25(53(46,47)48)10-12-29(27)35(33)17-19-49-4/h5,8-12,15,22-23,36H,6-7,13-14,16-21H2,1-4H3,(H,37,38,39)(H,40,41,42)(H,43,44,45)(H,46,47,48)/b15-5+,30-8+. The highest BCUT2D eigenvalue weighted by atomic mass is 32.2. The van der Waals surface area contributed by atoms with Gasteiger partial charge in [-0.1, -0.05) is 19.1 Å². The number of ether oxygens (including phenoxy) is 1. The summed E-state index contributed by atoms with van der Waals surface area (Å²) < 4.78 is 140. The van der Waals surface area contributed by atoms with Crippen molar-refractivity contribution in [1.82, 2.24) is 0 Å². The summed E-state index contributed by atoms with van der Waals surface area (Å²) in [4.78, 5) is 2.93. The Morgan fingerprint density at radius 3 is 1.77 bits per heavy atom. The maximum atomic E-state index is 12.2. The molecule has 20 heteroatoms. The van der Waals surface area contributed by atoms with E-state index in [1.807, 2.05) is 24.8 Å². The Morgan fingerprint density at radius 2 is 1.26 bits per heavy atom. The van der Waals surface area contributed by atoms with Crippen molar-refractivity contribution in [2.45, 2.75) is 72.6 Å². The number of hydrogen-bond donors (Lipinski definition) is 5. The van der Waals surface area contributed by atoms with Gasteiger partial charge in [-0.05, 0) is 93.1 Å². The van der Waals surface area contributed by atoms with Crippen LogP contribution in [0.4, 0.5) is 11.4 Å². The first-order valence-corrected chi connectivity index (χ1v) is 22.6. The zero-order valence-electron chi connectivity index (χ0n) is 29.7. The van der Waals surface area contributed by atoms with E-state index < -0.39 is 73.2 Å². The van der Waals surface area contributed by atoms with Crippen molar-refractivity contribution >= 4 is 51.8 Å². The van der Waals surface area contributed by atoms with Gasteiger partial charge in [0.15, 0.2) is 0 Å².